The van der Waals surface area contributed by atoms with Crippen molar-refractivity contribution in [2.45, 2.75) is 0 Å². The van der Waals surface area contributed by atoms with Crippen molar-refractivity contribution in [3.8, 4) is 22.8 Å². The Morgan fingerprint density at radius 1 is 0.960 bits per heavy atom. The zero-order chi connectivity index (χ0) is 16.8. The zero-order valence-corrected chi connectivity index (χ0v) is 16.3. The van der Waals surface area contributed by atoms with Gasteiger partial charge in [-0.2, -0.15) is 5.10 Å². The number of hydrogen-bond donors (Lipinski definition) is 1. The summed E-state index contributed by atoms with van der Waals surface area (Å²) in [7, 11) is 3.30. The van der Waals surface area contributed by atoms with Crippen LogP contribution in [0.25, 0.3) is 11.3 Å². The summed E-state index contributed by atoms with van der Waals surface area (Å²) in [5.41, 5.74) is 5.89. The van der Waals surface area contributed by atoms with Gasteiger partial charge >= 0.3 is 0 Å². The van der Waals surface area contributed by atoms with Crippen molar-refractivity contribution in [2.24, 2.45) is 5.10 Å². The highest BCUT2D eigenvalue weighted by Gasteiger charge is 2.04. The van der Waals surface area contributed by atoms with Gasteiger partial charge in [0, 0.05) is 10.9 Å². The molecule has 0 fully saturated rings. The number of rotatable bonds is 6. The lowest BCUT2D eigenvalue weighted by Crippen LogP contribution is -1.90. The van der Waals surface area contributed by atoms with Crippen LogP contribution in [0.4, 0.5) is 5.13 Å². The Kier molecular flexibility index (Phi) is 6.97. The van der Waals surface area contributed by atoms with Gasteiger partial charge in [0.2, 0.25) is 5.13 Å². The van der Waals surface area contributed by atoms with Crippen molar-refractivity contribution in [3.63, 3.8) is 0 Å². The molecule has 1 heterocycles. The van der Waals surface area contributed by atoms with Crippen LogP contribution in [0.3, 0.4) is 0 Å². The van der Waals surface area contributed by atoms with Crippen LogP contribution in [0.2, 0.25) is 0 Å². The van der Waals surface area contributed by atoms with Crippen LogP contribution in [0.1, 0.15) is 5.56 Å². The number of ether oxygens (including phenoxy) is 2. The standard InChI is InChI=1S/C18H17N3O2S.BrH/c1-22-15-7-3-13(4-8-15)11-19-21-18-20-17(12-24-18)14-5-9-16(23-2)10-6-14;/h3-12H,1-2H3,(H,20,21);1H/b19-11+;. The maximum Gasteiger partial charge on any atom is 0.203 e. The van der Waals surface area contributed by atoms with Gasteiger partial charge in [-0.1, -0.05) is 0 Å². The van der Waals surface area contributed by atoms with Gasteiger partial charge in [0.05, 0.1) is 26.1 Å². The quantitative estimate of drug-likeness (QED) is 0.458. The molecule has 0 aliphatic heterocycles. The topological polar surface area (TPSA) is 55.7 Å². The highest BCUT2D eigenvalue weighted by Crippen LogP contribution is 2.26. The maximum atomic E-state index is 5.16. The van der Waals surface area contributed by atoms with E-state index in [1.54, 1.807) is 20.4 Å². The molecule has 1 aromatic heterocycles. The van der Waals surface area contributed by atoms with Crippen LogP contribution in [0.5, 0.6) is 11.5 Å². The van der Waals surface area contributed by atoms with E-state index in [2.05, 4.69) is 15.5 Å². The van der Waals surface area contributed by atoms with E-state index in [1.807, 2.05) is 53.9 Å². The lowest BCUT2D eigenvalue weighted by Gasteiger charge is -2.00. The number of nitrogens with zero attached hydrogens (tertiary/aromatic N) is 2. The lowest BCUT2D eigenvalue weighted by molar-refractivity contribution is 0.414. The van der Waals surface area contributed by atoms with E-state index >= 15 is 0 Å². The van der Waals surface area contributed by atoms with Gasteiger partial charge in [-0.25, -0.2) is 4.98 Å². The first-order valence-electron chi connectivity index (χ1n) is 7.31. The molecule has 0 bridgehead atoms. The molecular weight excluding hydrogens is 402 g/mol. The van der Waals surface area contributed by atoms with Crippen LogP contribution in [-0.4, -0.2) is 25.4 Å². The Hall–Kier alpha value is -2.38. The predicted molar refractivity (Wildman–Crippen MR) is 109 cm³/mol. The summed E-state index contributed by atoms with van der Waals surface area (Å²) in [4.78, 5) is 4.53. The first kappa shape index (κ1) is 19.0. The first-order chi connectivity index (χ1) is 11.8. The monoisotopic (exact) mass is 419 g/mol. The largest absolute Gasteiger partial charge is 0.497 e. The number of halogens is 1. The maximum absolute atomic E-state index is 5.16. The van der Waals surface area contributed by atoms with Crippen LogP contribution < -0.4 is 14.9 Å². The fraction of sp³-hybridized carbons (Fsp3) is 0.111. The molecule has 0 saturated heterocycles. The number of hydrogen-bond acceptors (Lipinski definition) is 6. The van der Waals surface area contributed by atoms with Crippen molar-refractivity contribution in [1.29, 1.82) is 0 Å². The van der Waals surface area contributed by atoms with Gasteiger partial charge in [0.15, 0.2) is 0 Å². The van der Waals surface area contributed by atoms with Gasteiger partial charge in [-0.05, 0) is 54.1 Å². The minimum Gasteiger partial charge on any atom is -0.497 e. The molecule has 0 unspecified atom stereocenters. The third kappa shape index (κ3) is 5.04. The van der Waals surface area contributed by atoms with Crippen molar-refractivity contribution in [2.75, 3.05) is 19.6 Å². The third-order valence-electron chi connectivity index (χ3n) is 3.38. The second-order valence-corrected chi connectivity index (χ2v) is 5.77. The molecule has 0 saturated carbocycles. The molecular formula is C18H18BrN3O2S. The van der Waals surface area contributed by atoms with E-state index in [0.29, 0.717) is 0 Å². The van der Waals surface area contributed by atoms with Gasteiger partial charge < -0.3 is 9.47 Å². The highest BCUT2D eigenvalue weighted by molar-refractivity contribution is 8.93. The van der Waals surface area contributed by atoms with E-state index in [0.717, 1.165) is 33.5 Å². The van der Waals surface area contributed by atoms with Crippen molar-refractivity contribution >= 4 is 39.7 Å². The summed E-state index contributed by atoms with van der Waals surface area (Å²) >= 11 is 1.51. The molecule has 3 aromatic rings. The normalized spacial score (nSPS) is 10.3. The third-order valence-corrected chi connectivity index (χ3v) is 4.13. The molecule has 0 aliphatic carbocycles. The minimum atomic E-state index is 0. The average molecular weight is 420 g/mol. The predicted octanol–water partition coefficient (Wildman–Crippen LogP) is 4.85. The van der Waals surface area contributed by atoms with Crippen molar-refractivity contribution in [3.05, 3.63) is 59.5 Å². The zero-order valence-electron chi connectivity index (χ0n) is 13.8. The molecule has 130 valence electrons. The second-order valence-electron chi connectivity index (χ2n) is 4.91. The fourth-order valence-electron chi connectivity index (χ4n) is 2.07. The molecule has 25 heavy (non-hydrogen) atoms. The van der Waals surface area contributed by atoms with E-state index in [9.17, 15) is 0 Å². The van der Waals surface area contributed by atoms with Crippen LogP contribution >= 0.6 is 28.3 Å². The van der Waals surface area contributed by atoms with E-state index in [1.165, 1.54) is 11.3 Å². The van der Waals surface area contributed by atoms with E-state index in [-0.39, 0.29) is 17.0 Å². The summed E-state index contributed by atoms with van der Waals surface area (Å²) in [6.07, 6.45) is 1.74. The Morgan fingerprint density at radius 2 is 1.56 bits per heavy atom. The molecule has 7 heteroatoms. The number of nitrogens with one attached hydrogen (secondary N) is 1. The van der Waals surface area contributed by atoms with Crippen LogP contribution in [0, 0.1) is 0 Å². The van der Waals surface area contributed by atoms with E-state index < -0.39 is 0 Å². The Labute approximate surface area is 161 Å². The molecule has 1 N–H and O–H groups in total. The Balaban J connectivity index is 0.00000225. The molecule has 0 radical (unpaired) electrons. The Bertz CT molecular complexity index is 817. The number of thiazole rings is 1. The van der Waals surface area contributed by atoms with Crippen molar-refractivity contribution in [1.82, 2.24) is 4.98 Å². The molecule has 0 amide bonds. The molecule has 5 nitrogen and oxygen atoms in total. The summed E-state index contributed by atoms with van der Waals surface area (Å²) in [6, 6.07) is 15.5. The van der Waals surface area contributed by atoms with Gasteiger partial charge in [-0.3, -0.25) is 5.43 Å². The fourth-order valence-corrected chi connectivity index (χ4v) is 2.74. The molecule has 3 rings (SSSR count). The molecule has 0 aliphatic rings. The van der Waals surface area contributed by atoms with Gasteiger partial charge in [0.25, 0.3) is 0 Å². The number of hydrazone groups is 1. The smallest absolute Gasteiger partial charge is 0.203 e. The molecule has 0 spiro atoms. The summed E-state index contributed by atoms with van der Waals surface area (Å²) in [6.45, 7) is 0. The number of aromatic nitrogens is 1. The highest BCUT2D eigenvalue weighted by atomic mass is 79.9. The van der Waals surface area contributed by atoms with Gasteiger partial charge in [-0.15, -0.1) is 28.3 Å². The number of methoxy groups -OCH3 is 2. The van der Waals surface area contributed by atoms with Crippen LogP contribution in [0.15, 0.2) is 59.0 Å². The molecule has 0 atom stereocenters. The minimum absolute atomic E-state index is 0. The first-order valence-corrected chi connectivity index (χ1v) is 8.19. The number of benzene rings is 2. The summed E-state index contributed by atoms with van der Waals surface area (Å²) < 4.78 is 10.3. The van der Waals surface area contributed by atoms with Crippen LogP contribution in [-0.2, 0) is 0 Å². The Morgan fingerprint density at radius 3 is 2.16 bits per heavy atom. The SMILES string of the molecule is Br.COc1ccc(/C=N/Nc2nc(-c3ccc(OC)cc3)cs2)cc1. The summed E-state index contributed by atoms with van der Waals surface area (Å²) in [5, 5.41) is 6.95. The lowest BCUT2D eigenvalue weighted by atomic mass is 10.2. The summed E-state index contributed by atoms with van der Waals surface area (Å²) in [5.74, 6) is 1.65. The van der Waals surface area contributed by atoms with E-state index in [4.69, 9.17) is 9.47 Å². The van der Waals surface area contributed by atoms with Crippen molar-refractivity contribution < 1.29 is 9.47 Å². The second kappa shape index (κ2) is 9.19. The average Bonchev–Trinajstić information content (AvgIpc) is 3.11. The molecule has 2 aromatic carbocycles. The number of anilines is 1. The van der Waals surface area contributed by atoms with Gasteiger partial charge in [0.1, 0.15) is 11.5 Å².